The van der Waals surface area contributed by atoms with Gasteiger partial charge in [-0.2, -0.15) is 5.10 Å². The summed E-state index contributed by atoms with van der Waals surface area (Å²) in [5.74, 6) is 0.0534. The Morgan fingerprint density at radius 3 is 2.57 bits per heavy atom. The number of nitrogens with zero attached hydrogens (tertiary/aromatic N) is 3. The molecule has 6 nitrogen and oxygen atoms in total. The first-order valence-corrected chi connectivity index (χ1v) is 9.54. The largest absolute Gasteiger partial charge is 0.381 e. The van der Waals surface area contributed by atoms with Gasteiger partial charge < -0.3 is 10.1 Å². The molecule has 0 atom stereocenters. The average Bonchev–Trinajstić information content (AvgIpc) is 3.19. The average molecular weight is 376 g/mol. The summed E-state index contributed by atoms with van der Waals surface area (Å²) in [6.07, 6.45) is 4.95. The van der Waals surface area contributed by atoms with Gasteiger partial charge in [0.1, 0.15) is 0 Å². The summed E-state index contributed by atoms with van der Waals surface area (Å²) in [5, 5.41) is 7.29. The van der Waals surface area contributed by atoms with Crippen LogP contribution in [0.25, 0.3) is 11.4 Å². The van der Waals surface area contributed by atoms with Crippen LogP contribution in [0, 0.1) is 0 Å². The van der Waals surface area contributed by atoms with Gasteiger partial charge in [0.15, 0.2) is 0 Å². The number of hydrogen-bond acceptors (Lipinski definition) is 4. The van der Waals surface area contributed by atoms with Crippen molar-refractivity contribution < 1.29 is 9.53 Å². The molecule has 144 valence electrons. The van der Waals surface area contributed by atoms with Gasteiger partial charge in [-0.25, -0.2) is 0 Å². The molecule has 1 saturated heterocycles. The molecule has 3 heterocycles. The molecular formula is C22H24N4O2. The third-order valence-corrected chi connectivity index (χ3v) is 5.47. The first-order valence-electron chi connectivity index (χ1n) is 9.54. The van der Waals surface area contributed by atoms with Crippen molar-refractivity contribution in [1.82, 2.24) is 20.1 Å². The molecule has 1 aliphatic rings. The number of hydrogen-bond donors (Lipinski definition) is 1. The van der Waals surface area contributed by atoms with Crippen LogP contribution in [0.2, 0.25) is 0 Å². The van der Waals surface area contributed by atoms with Gasteiger partial charge in [-0.1, -0.05) is 36.4 Å². The summed E-state index contributed by atoms with van der Waals surface area (Å²) in [6.45, 7) is 1.65. The maximum absolute atomic E-state index is 13.2. The summed E-state index contributed by atoms with van der Waals surface area (Å²) >= 11 is 0. The number of carbonyl (C=O) groups is 1. The number of aromatic nitrogens is 3. The highest BCUT2D eigenvalue weighted by Crippen LogP contribution is 2.35. The normalized spacial score (nSPS) is 15.9. The molecule has 1 amide bonds. The van der Waals surface area contributed by atoms with Crippen molar-refractivity contribution in [1.29, 1.82) is 0 Å². The Morgan fingerprint density at radius 2 is 1.93 bits per heavy atom. The van der Waals surface area contributed by atoms with Crippen molar-refractivity contribution in [2.45, 2.75) is 24.8 Å². The fraction of sp³-hybridized carbons (Fsp3) is 0.318. The molecule has 0 radical (unpaired) electrons. The van der Waals surface area contributed by atoms with Crippen LogP contribution < -0.4 is 5.32 Å². The molecule has 1 aromatic carbocycles. The number of carbonyl (C=O) groups excluding carboxylic acids is 1. The molecule has 0 bridgehead atoms. The van der Waals surface area contributed by atoms with Crippen LogP contribution >= 0.6 is 0 Å². The van der Waals surface area contributed by atoms with Crippen LogP contribution in [-0.4, -0.2) is 33.9 Å². The van der Waals surface area contributed by atoms with Gasteiger partial charge in [0.25, 0.3) is 0 Å². The van der Waals surface area contributed by atoms with Crippen molar-refractivity contribution in [2.24, 2.45) is 7.05 Å². The van der Waals surface area contributed by atoms with Gasteiger partial charge >= 0.3 is 0 Å². The monoisotopic (exact) mass is 376 g/mol. The molecule has 4 rings (SSSR count). The summed E-state index contributed by atoms with van der Waals surface area (Å²) in [4.78, 5) is 17.7. The van der Waals surface area contributed by atoms with E-state index in [2.05, 4.69) is 15.4 Å². The number of amides is 1. The lowest BCUT2D eigenvalue weighted by molar-refractivity contribution is -0.130. The molecule has 0 unspecified atom stereocenters. The van der Waals surface area contributed by atoms with E-state index in [0.29, 0.717) is 32.6 Å². The molecule has 1 fully saturated rings. The fourth-order valence-corrected chi connectivity index (χ4v) is 3.78. The predicted octanol–water partition coefficient (Wildman–Crippen LogP) is 2.85. The van der Waals surface area contributed by atoms with E-state index in [0.717, 1.165) is 22.5 Å². The van der Waals surface area contributed by atoms with E-state index in [-0.39, 0.29) is 5.91 Å². The Morgan fingerprint density at radius 1 is 1.14 bits per heavy atom. The fourth-order valence-electron chi connectivity index (χ4n) is 3.78. The zero-order valence-electron chi connectivity index (χ0n) is 16.0. The number of ether oxygens (including phenoxy) is 1. The summed E-state index contributed by atoms with van der Waals surface area (Å²) in [7, 11) is 1.89. The molecule has 0 spiro atoms. The molecule has 3 aromatic rings. The van der Waals surface area contributed by atoms with E-state index in [9.17, 15) is 4.79 Å². The molecule has 28 heavy (non-hydrogen) atoms. The van der Waals surface area contributed by atoms with Crippen molar-refractivity contribution in [3.63, 3.8) is 0 Å². The number of pyridine rings is 1. The van der Waals surface area contributed by atoms with E-state index in [1.165, 1.54) is 0 Å². The van der Waals surface area contributed by atoms with Crippen molar-refractivity contribution >= 4 is 5.91 Å². The number of rotatable bonds is 5. The topological polar surface area (TPSA) is 69.0 Å². The third kappa shape index (κ3) is 3.55. The third-order valence-electron chi connectivity index (χ3n) is 5.47. The second-order valence-corrected chi connectivity index (χ2v) is 7.13. The van der Waals surface area contributed by atoms with E-state index < -0.39 is 5.41 Å². The smallest absolute Gasteiger partial charge is 0.231 e. The first kappa shape index (κ1) is 18.4. The predicted molar refractivity (Wildman–Crippen MR) is 106 cm³/mol. The zero-order valence-corrected chi connectivity index (χ0v) is 16.0. The van der Waals surface area contributed by atoms with E-state index in [4.69, 9.17) is 4.74 Å². The van der Waals surface area contributed by atoms with E-state index >= 15 is 0 Å². The maximum Gasteiger partial charge on any atom is 0.231 e. The van der Waals surface area contributed by atoms with Crippen LogP contribution in [0.4, 0.5) is 0 Å². The molecule has 1 N–H and O–H groups in total. The quantitative estimate of drug-likeness (QED) is 0.743. The number of nitrogens with one attached hydrogen (secondary N) is 1. The Labute approximate surface area is 164 Å². The Kier molecular flexibility index (Phi) is 5.21. The Hall–Kier alpha value is -2.99. The molecular weight excluding hydrogens is 352 g/mol. The molecule has 2 aromatic heterocycles. The lowest BCUT2D eigenvalue weighted by Gasteiger charge is -2.36. The van der Waals surface area contributed by atoms with Crippen LogP contribution in [-0.2, 0) is 28.5 Å². The van der Waals surface area contributed by atoms with Gasteiger partial charge in [0.05, 0.1) is 16.8 Å². The lowest BCUT2D eigenvalue weighted by Crippen LogP contribution is -2.47. The van der Waals surface area contributed by atoms with Crippen LogP contribution in [0.3, 0.4) is 0 Å². The minimum atomic E-state index is -0.526. The van der Waals surface area contributed by atoms with E-state index in [1.807, 2.05) is 61.8 Å². The van der Waals surface area contributed by atoms with Gasteiger partial charge in [-0.05, 0) is 36.1 Å². The highest BCUT2D eigenvalue weighted by Gasteiger charge is 2.41. The zero-order chi connectivity index (χ0) is 19.4. The highest BCUT2D eigenvalue weighted by atomic mass is 16.5. The van der Waals surface area contributed by atoms with Gasteiger partial charge in [0.2, 0.25) is 5.91 Å². The minimum absolute atomic E-state index is 0.0534. The van der Waals surface area contributed by atoms with Crippen molar-refractivity contribution in [3.05, 3.63) is 72.1 Å². The molecule has 0 aliphatic carbocycles. The summed E-state index contributed by atoms with van der Waals surface area (Å²) in [5.41, 5.74) is 3.32. The number of aryl methyl sites for hydroxylation is 1. The van der Waals surface area contributed by atoms with E-state index in [1.54, 1.807) is 10.9 Å². The second-order valence-electron chi connectivity index (χ2n) is 7.13. The number of benzene rings is 1. The van der Waals surface area contributed by atoms with Crippen LogP contribution in [0.5, 0.6) is 0 Å². The molecule has 1 aliphatic heterocycles. The lowest BCUT2D eigenvalue weighted by atomic mass is 9.73. The maximum atomic E-state index is 13.2. The summed E-state index contributed by atoms with van der Waals surface area (Å²) < 4.78 is 7.31. The van der Waals surface area contributed by atoms with Gasteiger partial charge in [-0.3, -0.25) is 14.5 Å². The van der Waals surface area contributed by atoms with Gasteiger partial charge in [0, 0.05) is 39.2 Å². The van der Waals surface area contributed by atoms with Gasteiger partial charge in [-0.15, -0.1) is 0 Å². The van der Waals surface area contributed by atoms with Crippen LogP contribution in [0.1, 0.15) is 24.0 Å². The first-order chi connectivity index (χ1) is 13.7. The highest BCUT2D eigenvalue weighted by molar-refractivity contribution is 5.88. The minimum Gasteiger partial charge on any atom is -0.381 e. The molecule has 0 saturated carbocycles. The second kappa shape index (κ2) is 7.94. The standard InChI is InChI=1S/C22H24N4O2/c1-26-20(9-12-25-26)19-8-7-17(15-23-19)16-24-21(27)22(10-13-28-14-11-22)18-5-3-2-4-6-18/h2-9,12,15H,10-11,13-14,16H2,1H3,(H,24,27). The SMILES string of the molecule is Cn1nccc1-c1ccc(CNC(=O)C2(c3ccccc3)CCOCC2)cn1. The van der Waals surface area contributed by atoms with Crippen LogP contribution in [0.15, 0.2) is 60.9 Å². The molecule has 6 heteroatoms. The summed E-state index contributed by atoms with van der Waals surface area (Å²) in [6, 6.07) is 15.9. The van der Waals surface area contributed by atoms with Crippen molar-refractivity contribution in [3.8, 4) is 11.4 Å². The van der Waals surface area contributed by atoms with Crippen molar-refractivity contribution in [2.75, 3.05) is 13.2 Å². The Bertz CT molecular complexity index is 929. The Balaban J connectivity index is 1.47.